The van der Waals surface area contributed by atoms with Crippen LogP contribution in [-0.4, -0.2) is 35.9 Å². The van der Waals surface area contributed by atoms with Gasteiger partial charge < -0.3 is 15.2 Å². The molecule has 1 amide bonds. The van der Waals surface area contributed by atoms with Crippen molar-refractivity contribution in [3.63, 3.8) is 0 Å². The maximum Gasteiger partial charge on any atom is 0.326 e. The summed E-state index contributed by atoms with van der Waals surface area (Å²) >= 11 is 0. The van der Waals surface area contributed by atoms with Crippen LogP contribution in [0.15, 0.2) is 24.3 Å². The van der Waals surface area contributed by atoms with Gasteiger partial charge in [-0.1, -0.05) is 13.8 Å². The lowest BCUT2D eigenvalue weighted by Crippen LogP contribution is -2.50. The van der Waals surface area contributed by atoms with Gasteiger partial charge in [0.25, 0.3) is 0 Å². The number of nitrogens with one attached hydrogen (secondary N) is 1. The number of aliphatic carboxylic acids is 1. The van der Waals surface area contributed by atoms with E-state index in [2.05, 4.69) is 5.32 Å². The predicted molar refractivity (Wildman–Crippen MR) is 85.5 cm³/mol. The van der Waals surface area contributed by atoms with E-state index in [0.717, 1.165) is 6.29 Å². The van der Waals surface area contributed by atoms with E-state index in [1.165, 1.54) is 0 Å². The van der Waals surface area contributed by atoms with E-state index < -0.39 is 17.4 Å². The van der Waals surface area contributed by atoms with Gasteiger partial charge in [0.2, 0.25) is 5.91 Å². The Labute approximate surface area is 135 Å². The smallest absolute Gasteiger partial charge is 0.326 e. The Balaban J connectivity index is 2.67. The zero-order valence-corrected chi connectivity index (χ0v) is 13.8. The van der Waals surface area contributed by atoms with Crippen LogP contribution in [-0.2, 0) is 9.59 Å². The molecule has 1 atom stereocenters. The standard InChI is InChI=1S/C17H23NO5/c1-11(2)14(15(20)21)18-16(22)17(3,4)10-23-13-7-5-12(9-19)6-8-13/h5-9,11,14H,10H2,1-4H3,(H,18,22)(H,20,21). The number of carbonyl (C=O) groups is 3. The number of amides is 1. The van der Waals surface area contributed by atoms with Gasteiger partial charge in [0.15, 0.2) is 0 Å². The molecular formula is C17H23NO5. The summed E-state index contributed by atoms with van der Waals surface area (Å²) in [6.45, 7) is 6.92. The zero-order valence-electron chi connectivity index (χ0n) is 13.8. The molecule has 0 fully saturated rings. The quantitative estimate of drug-likeness (QED) is 0.716. The molecule has 1 rings (SSSR count). The van der Waals surface area contributed by atoms with E-state index in [9.17, 15) is 14.4 Å². The normalized spacial score (nSPS) is 12.6. The van der Waals surface area contributed by atoms with Gasteiger partial charge in [0.1, 0.15) is 24.7 Å². The van der Waals surface area contributed by atoms with E-state index in [1.807, 2.05) is 0 Å². The Kier molecular flexibility index (Phi) is 6.30. The topological polar surface area (TPSA) is 92.7 Å². The summed E-state index contributed by atoms with van der Waals surface area (Å²) in [4.78, 5) is 34.1. The van der Waals surface area contributed by atoms with Gasteiger partial charge in [-0.2, -0.15) is 0 Å². The molecule has 6 heteroatoms. The average molecular weight is 321 g/mol. The lowest BCUT2D eigenvalue weighted by Gasteiger charge is -2.27. The third-order valence-electron chi connectivity index (χ3n) is 3.45. The van der Waals surface area contributed by atoms with Crippen molar-refractivity contribution in [1.29, 1.82) is 0 Å². The number of benzene rings is 1. The second kappa shape index (κ2) is 7.76. The van der Waals surface area contributed by atoms with E-state index >= 15 is 0 Å². The highest BCUT2D eigenvalue weighted by molar-refractivity contribution is 5.87. The number of aldehydes is 1. The summed E-state index contributed by atoms with van der Waals surface area (Å²) in [5.41, 5.74) is -0.359. The second-order valence-electron chi connectivity index (χ2n) is 6.39. The maximum absolute atomic E-state index is 12.3. The molecule has 0 saturated carbocycles. The highest BCUT2D eigenvalue weighted by Gasteiger charge is 2.33. The minimum atomic E-state index is -1.06. The van der Waals surface area contributed by atoms with Gasteiger partial charge in [-0.05, 0) is 44.0 Å². The van der Waals surface area contributed by atoms with Crippen LogP contribution >= 0.6 is 0 Å². The molecule has 0 heterocycles. The summed E-state index contributed by atoms with van der Waals surface area (Å²) in [7, 11) is 0. The Bertz CT molecular complexity index is 563. The average Bonchev–Trinajstić information content (AvgIpc) is 2.50. The van der Waals surface area contributed by atoms with Gasteiger partial charge >= 0.3 is 5.97 Å². The van der Waals surface area contributed by atoms with Crippen molar-refractivity contribution in [3.05, 3.63) is 29.8 Å². The Morgan fingerprint density at radius 3 is 2.26 bits per heavy atom. The van der Waals surface area contributed by atoms with Crippen LogP contribution in [0.4, 0.5) is 0 Å². The van der Waals surface area contributed by atoms with Crippen LogP contribution in [0.3, 0.4) is 0 Å². The highest BCUT2D eigenvalue weighted by Crippen LogP contribution is 2.20. The minimum absolute atomic E-state index is 0.0870. The molecule has 126 valence electrons. The van der Waals surface area contributed by atoms with Gasteiger partial charge in [-0.25, -0.2) is 4.79 Å². The molecule has 1 unspecified atom stereocenters. The first-order chi connectivity index (χ1) is 10.7. The Morgan fingerprint density at radius 1 is 1.26 bits per heavy atom. The van der Waals surface area contributed by atoms with Crippen molar-refractivity contribution in [2.45, 2.75) is 33.7 Å². The summed E-state index contributed by atoms with van der Waals surface area (Å²) in [5, 5.41) is 11.7. The van der Waals surface area contributed by atoms with Crippen molar-refractivity contribution in [3.8, 4) is 5.75 Å². The fourth-order valence-corrected chi connectivity index (χ4v) is 1.82. The molecule has 23 heavy (non-hydrogen) atoms. The number of carboxylic acids is 1. The molecule has 0 aliphatic rings. The Hall–Kier alpha value is -2.37. The summed E-state index contributed by atoms with van der Waals surface area (Å²) in [6, 6.07) is 5.59. The first kappa shape index (κ1) is 18.7. The van der Waals surface area contributed by atoms with E-state index in [-0.39, 0.29) is 18.4 Å². The molecule has 0 spiro atoms. The number of hydrogen-bond acceptors (Lipinski definition) is 4. The molecule has 0 aromatic heterocycles. The first-order valence-corrected chi connectivity index (χ1v) is 7.39. The van der Waals surface area contributed by atoms with Crippen molar-refractivity contribution in [2.75, 3.05) is 6.61 Å². The second-order valence-corrected chi connectivity index (χ2v) is 6.39. The van der Waals surface area contributed by atoms with Crippen molar-refractivity contribution in [1.82, 2.24) is 5.32 Å². The molecule has 0 aliphatic heterocycles. The number of hydrogen-bond donors (Lipinski definition) is 2. The number of ether oxygens (including phenoxy) is 1. The SMILES string of the molecule is CC(C)C(NC(=O)C(C)(C)COc1ccc(C=O)cc1)C(=O)O. The fourth-order valence-electron chi connectivity index (χ4n) is 1.82. The molecule has 0 bridgehead atoms. The van der Waals surface area contributed by atoms with Gasteiger partial charge in [0.05, 0.1) is 5.41 Å². The highest BCUT2D eigenvalue weighted by atomic mass is 16.5. The first-order valence-electron chi connectivity index (χ1n) is 7.39. The summed E-state index contributed by atoms with van der Waals surface area (Å²) < 4.78 is 5.57. The van der Waals surface area contributed by atoms with Crippen LogP contribution in [0.2, 0.25) is 0 Å². The number of rotatable bonds is 8. The summed E-state index contributed by atoms with van der Waals surface area (Å²) in [6.07, 6.45) is 0.735. The Morgan fingerprint density at radius 2 is 1.83 bits per heavy atom. The van der Waals surface area contributed by atoms with Crippen LogP contribution < -0.4 is 10.1 Å². The van der Waals surface area contributed by atoms with Crippen molar-refractivity contribution < 1.29 is 24.2 Å². The largest absolute Gasteiger partial charge is 0.492 e. The maximum atomic E-state index is 12.3. The van der Waals surface area contributed by atoms with Gasteiger partial charge in [0, 0.05) is 5.56 Å². The van der Waals surface area contributed by atoms with Gasteiger partial charge in [-0.3, -0.25) is 9.59 Å². The molecule has 0 aliphatic carbocycles. The molecule has 0 saturated heterocycles. The molecule has 6 nitrogen and oxygen atoms in total. The zero-order chi connectivity index (χ0) is 17.6. The number of carbonyl (C=O) groups excluding carboxylic acids is 2. The third-order valence-corrected chi connectivity index (χ3v) is 3.45. The van der Waals surface area contributed by atoms with Crippen LogP contribution in [0.1, 0.15) is 38.1 Å². The van der Waals surface area contributed by atoms with Crippen LogP contribution in [0.5, 0.6) is 5.75 Å². The van der Waals surface area contributed by atoms with E-state index in [0.29, 0.717) is 11.3 Å². The van der Waals surface area contributed by atoms with Crippen LogP contribution in [0.25, 0.3) is 0 Å². The van der Waals surface area contributed by atoms with Crippen molar-refractivity contribution >= 4 is 18.2 Å². The molecule has 1 aromatic rings. The fraction of sp³-hybridized carbons (Fsp3) is 0.471. The monoisotopic (exact) mass is 321 g/mol. The van der Waals surface area contributed by atoms with E-state index in [4.69, 9.17) is 9.84 Å². The van der Waals surface area contributed by atoms with Gasteiger partial charge in [-0.15, -0.1) is 0 Å². The van der Waals surface area contributed by atoms with Crippen molar-refractivity contribution in [2.24, 2.45) is 11.3 Å². The number of carboxylic acid groups (broad SMARTS) is 1. The third kappa shape index (κ3) is 5.39. The molecule has 2 N–H and O–H groups in total. The summed E-state index contributed by atoms with van der Waals surface area (Å²) in [5.74, 6) is -1.13. The minimum Gasteiger partial charge on any atom is -0.492 e. The lowest BCUT2D eigenvalue weighted by atomic mass is 9.92. The molecular weight excluding hydrogens is 298 g/mol. The molecule has 0 radical (unpaired) electrons. The molecule has 1 aromatic carbocycles. The lowest BCUT2D eigenvalue weighted by molar-refractivity contribution is -0.145. The van der Waals surface area contributed by atoms with Crippen LogP contribution in [0, 0.1) is 11.3 Å². The van der Waals surface area contributed by atoms with E-state index in [1.54, 1.807) is 52.0 Å². The predicted octanol–water partition coefficient (Wildman–Crippen LogP) is 2.13.